The van der Waals surface area contributed by atoms with E-state index in [1.54, 1.807) is 0 Å². The Kier molecular flexibility index (Phi) is 3.21. The lowest BCUT2D eigenvalue weighted by atomic mass is 10.3. The number of carbonyl (C=O) groups is 3. The van der Waals surface area contributed by atoms with Crippen LogP contribution in [0.25, 0.3) is 0 Å². The van der Waals surface area contributed by atoms with Crippen molar-refractivity contribution in [3.05, 3.63) is 11.6 Å². The fourth-order valence-corrected chi connectivity index (χ4v) is 1.23. The maximum Gasteiger partial charge on any atom is 0.334 e. The predicted molar refractivity (Wildman–Crippen MR) is 48.9 cm³/mol. The molecule has 0 bridgehead atoms. The summed E-state index contributed by atoms with van der Waals surface area (Å²) in [5, 5.41) is 8.68. The van der Waals surface area contributed by atoms with Gasteiger partial charge in [0.25, 0.3) is 11.8 Å². The Hall–Kier alpha value is -1.69. The summed E-state index contributed by atoms with van der Waals surface area (Å²) in [5.74, 6) is -2.17. The molecule has 1 heterocycles. The topological polar surface area (TPSA) is 83.9 Å². The van der Waals surface area contributed by atoms with Crippen LogP contribution in [0.5, 0.6) is 0 Å². The number of aliphatic carboxylic acids is 1. The number of amides is 2. The van der Waals surface area contributed by atoms with Gasteiger partial charge in [0.05, 0.1) is 6.54 Å². The molecule has 2 amide bonds. The van der Waals surface area contributed by atoms with Crippen molar-refractivity contribution in [2.75, 3.05) is 13.7 Å². The van der Waals surface area contributed by atoms with Gasteiger partial charge < -0.3 is 9.84 Å². The first-order chi connectivity index (χ1) is 6.97. The summed E-state index contributed by atoms with van der Waals surface area (Å²) in [5.41, 5.74) is 0.306. The van der Waals surface area contributed by atoms with Gasteiger partial charge in [-0.15, -0.1) is 0 Å². The van der Waals surface area contributed by atoms with Crippen molar-refractivity contribution in [1.82, 2.24) is 4.90 Å². The Morgan fingerprint density at radius 1 is 1.60 bits per heavy atom. The van der Waals surface area contributed by atoms with Gasteiger partial charge in [-0.3, -0.25) is 14.5 Å². The second kappa shape index (κ2) is 4.22. The van der Waals surface area contributed by atoms with Gasteiger partial charge in [0.15, 0.2) is 6.10 Å². The minimum absolute atomic E-state index is 0.267. The van der Waals surface area contributed by atoms with E-state index in [9.17, 15) is 14.4 Å². The van der Waals surface area contributed by atoms with Crippen molar-refractivity contribution in [3.8, 4) is 0 Å². The maximum atomic E-state index is 11.4. The molecule has 0 radical (unpaired) electrons. The van der Waals surface area contributed by atoms with Crippen LogP contribution in [0.4, 0.5) is 0 Å². The molecule has 1 rings (SSSR count). The molecule has 1 aliphatic heterocycles. The molecule has 1 unspecified atom stereocenters. The molecule has 0 fully saturated rings. The molecule has 0 aromatic rings. The molecule has 1 atom stereocenters. The molecule has 82 valence electrons. The van der Waals surface area contributed by atoms with Crippen LogP contribution >= 0.6 is 0 Å². The van der Waals surface area contributed by atoms with E-state index in [4.69, 9.17) is 5.11 Å². The Balaban J connectivity index is 2.72. The van der Waals surface area contributed by atoms with E-state index >= 15 is 0 Å². The molecule has 0 saturated heterocycles. The van der Waals surface area contributed by atoms with Crippen LogP contribution in [0.15, 0.2) is 11.6 Å². The third-order valence-corrected chi connectivity index (χ3v) is 2.10. The lowest BCUT2D eigenvalue weighted by molar-refractivity contribution is -0.151. The number of methoxy groups -OCH3 is 1. The van der Waals surface area contributed by atoms with E-state index < -0.39 is 23.9 Å². The zero-order chi connectivity index (χ0) is 11.6. The Labute approximate surface area is 86.1 Å². The molecule has 0 spiro atoms. The highest BCUT2D eigenvalue weighted by Gasteiger charge is 2.32. The Morgan fingerprint density at radius 3 is 2.53 bits per heavy atom. The fourth-order valence-electron chi connectivity index (χ4n) is 1.23. The summed E-state index contributed by atoms with van der Waals surface area (Å²) < 4.78 is 4.64. The largest absolute Gasteiger partial charge is 0.479 e. The van der Waals surface area contributed by atoms with Gasteiger partial charge in [-0.05, 0) is 6.92 Å². The highest BCUT2D eigenvalue weighted by atomic mass is 16.5. The smallest absolute Gasteiger partial charge is 0.334 e. The Bertz CT molecular complexity index is 346. The third kappa shape index (κ3) is 2.21. The minimum Gasteiger partial charge on any atom is -0.479 e. The zero-order valence-corrected chi connectivity index (χ0v) is 8.39. The van der Waals surface area contributed by atoms with E-state index in [-0.39, 0.29) is 6.54 Å². The lowest BCUT2D eigenvalue weighted by Gasteiger charge is -2.18. The van der Waals surface area contributed by atoms with E-state index in [1.165, 1.54) is 20.1 Å². The first kappa shape index (κ1) is 11.4. The number of nitrogens with zero attached hydrogens (tertiary/aromatic N) is 1. The van der Waals surface area contributed by atoms with E-state index in [2.05, 4.69) is 4.74 Å². The summed E-state index contributed by atoms with van der Waals surface area (Å²) in [4.78, 5) is 34.1. The van der Waals surface area contributed by atoms with Gasteiger partial charge in [0.1, 0.15) is 0 Å². The highest BCUT2D eigenvalue weighted by Crippen LogP contribution is 2.12. The molecular weight excluding hydrogens is 202 g/mol. The van der Waals surface area contributed by atoms with E-state index in [0.29, 0.717) is 5.57 Å². The van der Waals surface area contributed by atoms with Gasteiger partial charge in [0, 0.05) is 18.8 Å². The fraction of sp³-hybridized carbons (Fsp3) is 0.444. The monoisotopic (exact) mass is 213 g/mol. The summed E-state index contributed by atoms with van der Waals surface area (Å²) in [7, 11) is 1.21. The Morgan fingerprint density at radius 2 is 2.20 bits per heavy atom. The second-order valence-corrected chi connectivity index (χ2v) is 3.14. The summed E-state index contributed by atoms with van der Waals surface area (Å²) in [6.07, 6.45) is -0.00566. The summed E-state index contributed by atoms with van der Waals surface area (Å²) in [6.45, 7) is 1.24. The van der Waals surface area contributed by atoms with Crippen molar-refractivity contribution in [2.45, 2.75) is 13.0 Å². The van der Waals surface area contributed by atoms with Crippen molar-refractivity contribution >= 4 is 17.8 Å². The van der Waals surface area contributed by atoms with Crippen LogP contribution in [-0.2, 0) is 19.1 Å². The molecule has 0 saturated carbocycles. The van der Waals surface area contributed by atoms with Crippen LogP contribution in [0.2, 0.25) is 0 Å². The van der Waals surface area contributed by atoms with Crippen molar-refractivity contribution in [3.63, 3.8) is 0 Å². The number of ether oxygens (including phenoxy) is 1. The van der Waals surface area contributed by atoms with Gasteiger partial charge in [-0.2, -0.15) is 0 Å². The number of imide groups is 1. The predicted octanol–water partition coefficient (Wildman–Crippen LogP) is -0.599. The molecule has 15 heavy (non-hydrogen) atoms. The number of carboxylic acids is 1. The number of carbonyl (C=O) groups excluding carboxylic acids is 2. The molecule has 0 aliphatic carbocycles. The molecular formula is C9H11NO5. The van der Waals surface area contributed by atoms with Gasteiger partial charge in [0.2, 0.25) is 0 Å². The van der Waals surface area contributed by atoms with Crippen LogP contribution in [0.1, 0.15) is 6.92 Å². The van der Waals surface area contributed by atoms with E-state index in [1.807, 2.05) is 0 Å². The molecule has 1 N–H and O–H groups in total. The SMILES string of the molecule is COC(CN1C(=O)C=C(C)C1=O)C(=O)O. The quantitative estimate of drug-likeness (QED) is 0.630. The number of hydrogen-bond acceptors (Lipinski definition) is 4. The highest BCUT2D eigenvalue weighted by molar-refractivity contribution is 6.16. The van der Waals surface area contributed by atoms with Crippen molar-refractivity contribution in [2.24, 2.45) is 0 Å². The van der Waals surface area contributed by atoms with Gasteiger partial charge in [-0.1, -0.05) is 0 Å². The van der Waals surface area contributed by atoms with Crippen molar-refractivity contribution < 1.29 is 24.2 Å². The number of rotatable bonds is 4. The van der Waals surface area contributed by atoms with Gasteiger partial charge in [-0.25, -0.2) is 4.79 Å². The normalized spacial score (nSPS) is 18.0. The average molecular weight is 213 g/mol. The lowest BCUT2D eigenvalue weighted by Crippen LogP contribution is -2.41. The van der Waals surface area contributed by atoms with Crippen molar-refractivity contribution in [1.29, 1.82) is 0 Å². The molecule has 6 nitrogen and oxygen atoms in total. The number of carboxylic acid groups (broad SMARTS) is 1. The van der Waals surface area contributed by atoms with Crippen LogP contribution < -0.4 is 0 Å². The molecule has 1 aliphatic rings. The first-order valence-electron chi connectivity index (χ1n) is 4.27. The molecule has 6 heteroatoms. The second-order valence-electron chi connectivity index (χ2n) is 3.14. The average Bonchev–Trinajstić information content (AvgIpc) is 2.39. The molecule has 0 aromatic heterocycles. The summed E-state index contributed by atoms with van der Waals surface area (Å²) >= 11 is 0. The maximum absolute atomic E-state index is 11.4. The van der Waals surface area contributed by atoms with E-state index in [0.717, 1.165) is 4.90 Å². The minimum atomic E-state index is -1.21. The molecule has 0 aromatic carbocycles. The zero-order valence-electron chi connectivity index (χ0n) is 8.39. The van der Waals surface area contributed by atoms with Crippen LogP contribution in [-0.4, -0.2) is 47.5 Å². The standard InChI is InChI=1S/C9H11NO5/c1-5-3-7(11)10(8(5)12)4-6(15-2)9(13)14/h3,6H,4H2,1-2H3,(H,13,14). The van der Waals surface area contributed by atoms with Gasteiger partial charge >= 0.3 is 5.97 Å². The number of hydrogen-bond donors (Lipinski definition) is 1. The third-order valence-electron chi connectivity index (χ3n) is 2.10. The van der Waals surface area contributed by atoms with Crippen LogP contribution in [0.3, 0.4) is 0 Å². The first-order valence-corrected chi connectivity index (χ1v) is 4.27. The van der Waals surface area contributed by atoms with Crippen LogP contribution in [0, 0.1) is 0 Å². The summed E-state index contributed by atoms with van der Waals surface area (Å²) in [6, 6.07) is 0.